The van der Waals surface area contributed by atoms with Gasteiger partial charge in [0.15, 0.2) is 10.8 Å². The van der Waals surface area contributed by atoms with Crippen molar-refractivity contribution < 1.29 is 27.5 Å². The highest BCUT2D eigenvalue weighted by atomic mass is 32.2. The lowest BCUT2D eigenvalue weighted by atomic mass is 9.97. The van der Waals surface area contributed by atoms with E-state index in [0.29, 0.717) is 32.5 Å². The summed E-state index contributed by atoms with van der Waals surface area (Å²) >= 11 is 1.06. The van der Waals surface area contributed by atoms with Crippen LogP contribution in [0.5, 0.6) is 0 Å². The van der Waals surface area contributed by atoms with E-state index in [4.69, 9.17) is 4.74 Å². The second kappa shape index (κ2) is 8.60. The first-order valence-corrected chi connectivity index (χ1v) is 10.1. The third-order valence-corrected chi connectivity index (χ3v) is 5.80. The minimum atomic E-state index is -4.48. The Kier molecular flexibility index (Phi) is 6.35. The van der Waals surface area contributed by atoms with Gasteiger partial charge in [0.1, 0.15) is 0 Å². The summed E-state index contributed by atoms with van der Waals surface area (Å²) < 4.78 is 45.2. The van der Waals surface area contributed by atoms with Gasteiger partial charge in [-0.2, -0.15) is 13.2 Å². The number of amides is 1. The topological polar surface area (TPSA) is 76.8 Å². The molecule has 158 valence electrons. The number of ether oxygens (including phenoxy) is 1. The van der Waals surface area contributed by atoms with Gasteiger partial charge < -0.3 is 9.64 Å². The first-order valence-electron chi connectivity index (χ1n) is 9.24. The molecule has 0 saturated carbocycles. The molecule has 1 fully saturated rings. The first kappa shape index (κ1) is 21.4. The van der Waals surface area contributed by atoms with Gasteiger partial charge in [0.05, 0.1) is 23.3 Å². The predicted molar refractivity (Wildman–Crippen MR) is 99.2 cm³/mol. The SMILES string of the molecule is CCOC(=O)C1CCN(C(=O)C(C)Sc2nnc3ccc(C(F)(F)F)cn23)CC1. The summed E-state index contributed by atoms with van der Waals surface area (Å²) in [5.74, 6) is -0.596. The van der Waals surface area contributed by atoms with Crippen molar-refractivity contribution in [3.8, 4) is 0 Å². The molecule has 1 aliphatic heterocycles. The Hall–Kier alpha value is -2.30. The summed E-state index contributed by atoms with van der Waals surface area (Å²) in [7, 11) is 0. The van der Waals surface area contributed by atoms with Crippen LogP contribution in [0.4, 0.5) is 13.2 Å². The average Bonchev–Trinajstić information content (AvgIpc) is 3.09. The molecule has 1 unspecified atom stereocenters. The Bertz CT molecular complexity index is 894. The number of carbonyl (C=O) groups is 2. The van der Waals surface area contributed by atoms with Gasteiger partial charge in [-0.1, -0.05) is 11.8 Å². The molecule has 1 aliphatic rings. The number of hydrogen-bond donors (Lipinski definition) is 0. The Balaban J connectivity index is 1.65. The van der Waals surface area contributed by atoms with E-state index < -0.39 is 17.0 Å². The maximum Gasteiger partial charge on any atom is 0.417 e. The first-order chi connectivity index (χ1) is 13.7. The van der Waals surface area contributed by atoms with Crippen molar-refractivity contribution in [3.05, 3.63) is 23.9 Å². The minimum absolute atomic E-state index is 0.152. The lowest BCUT2D eigenvalue weighted by molar-refractivity contribution is -0.151. The predicted octanol–water partition coefficient (Wildman–Crippen LogP) is 3.03. The summed E-state index contributed by atoms with van der Waals surface area (Å²) in [5.41, 5.74) is -0.540. The molecule has 0 spiro atoms. The number of fused-ring (bicyclic) bond motifs is 1. The van der Waals surface area contributed by atoms with E-state index in [1.54, 1.807) is 18.7 Å². The van der Waals surface area contributed by atoms with Crippen molar-refractivity contribution in [2.45, 2.75) is 43.3 Å². The highest BCUT2D eigenvalue weighted by molar-refractivity contribution is 8.00. The molecule has 11 heteroatoms. The van der Waals surface area contributed by atoms with Crippen LogP contribution in [0, 0.1) is 5.92 Å². The molecule has 0 aliphatic carbocycles. The lowest BCUT2D eigenvalue weighted by Gasteiger charge is -2.32. The highest BCUT2D eigenvalue weighted by Gasteiger charge is 2.33. The Morgan fingerprint density at radius 2 is 1.97 bits per heavy atom. The molecule has 0 bridgehead atoms. The maximum atomic E-state index is 13.0. The van der Waals surface area contributed by atoms with Gasteiger partial charge in [-0.3, -0.25) is 14.0 Å². The molecular formula is C18H21F3N4O3S. The summed E-state index contributed by atoms with van der Waals surface area (Å²) in [6.07, 6.45) is -2.49. The molecule has 3 heterocycles. The van der Waals surface area contributed by atoms with Crippen molar-refractivity contribution >= 4 is 29.3 Å². The summed E-state index contributed by atoms with van der Waals surface area (Å²) in [4.78, 5) is 26.2. The Morgan fingerprint density at radius 1 is 1.28 bits per heavy atom. The molecule has 2 aromatic rings. The molecule has 3 rings (SSSR count). The molecule has 1 amide bonds. The second-order valence-electron chi connectivity index (χ2n) is 6.74. The fourth-order valence-electron chi connectivity index (χ4n) is 3.18. The largest absolute Gasteiger partial charge is 0.466 e. The number of esters is 1. The molecule has 29 heavy (non-hydrogen) atoms. The van der Waals surface area contributed by atoms with Gasteiger partial charge in [-0.05, 0) is 38.8 Å². The third kappa shape index (κ3) is 4.82. The van der Waals surface area contributed by atoms with Crippen LogP contribution in [0.3, 0.4) is 0 Å². The molecule has 0 aromatic carbocycles. The zero-order chi connectivity index (χ0) is 21.2. The molecule has 7 nitrogen and oxygen atoms in total. The van der Waals surface area contributed by atoms with Crippen LogP contribution in [-0.4, -0.2) is 56.3 Å². The molecule has 0 radical (unpaired) electrons. The number of nitrogens with zero attached hydrogens (tertiary/aromatic N) is 4. The molecule has 1 saturated heterocycles. The summed E-state index contributed by atoms with van der Waals surface area (Å²) in [5, 5.41) is 7.44. The Labute approximate surface area is 169 Å². The number of hydrogen-bond acceptors (Lipinski definition) is 6. The third-order valence-electron chi connectivity index (χ3n) is 4.75. The monoisotopic (exact) mass is 430 g/mol. The normalized spacial score (nSPS) is 16.8. The number of rotatable bonds is 5. The van der Waals surface area contributed by atoms with Crippen LogP contribution in [0.2, 0.25) is 0 Å². The van der Waals surface area contributed by atoms with Crippen LogP contribution in [0.25, 0.3) is 5.65 Å². The Morgan fingerprint density at radius 3 is 2.59 bits per heavy atom. The highest BCUT2D eigenvalue weighted by Crippen LogP contribution is 2.31. The van der Waals surface area contributed by atoms with E-state index in [-0.39, 0.29) is 28.6 Å². The van der Waals surface area contributed by atoms with Crippen LogP contribution >= 0.6 is 11.8 Å². The molecule has 2 aromatic heterocycles. The summed E-state index contributed by atoms with van der Waals surface area (Å²) in [6, 6.07) is 2.19. The number of halogens is 3. The number of aromatic nitrogens is 3. The maximum absolute atomic E-state index is 13.0. The standard InChI is InChI=1S/C18H21F3N4O3S/c1-3-28-16(27)12-6-8-24(9-7-12)15(26)11(2)29-17-23-22-14-5-4-13(10-25(14)17)18(19,20)21/h4-5,10-12H,3,6-9H2,1-2H3. The second-order valence-corrected chi connectivity index (χ2v) is 8.05. The van der Waals surface area contributed by atoms with E-state index in [2.05, 4.69) is 10.2 Å². The van der Waals surface area contributed by atoms with Gasteiger partial charge >= 0.3 is 12.1 Å². The van der Waals surface area contributed by atoms with Gasteiger partial charge in [0.2, 0.25) is 5.91 Å². The zero-order valence-electron chi connectivity index (χ0n) is 16.0. The number of pyridine rings is 1. The number of alkyl halides is 3. The van der Waals surface area contributed by atoms with Gasteiger partial charge in [-0.25, -0.2) is 0 Å². The van der Waals surface area contributed by atoms with Crippen LogP contribution < -0.4 is 0 Å². The fraction of sp³-hybridized carbons (Fsp3) is 0.556. The van der Waals surface area contributed by atoms with E-state index in [9.17, 15) is 22.8 Å². The quantitative estimate of drug-likeness (QED) is 0.536. The van der Waals surface area contributed by atoms with Gasteiger partial charge in [0.25, 0.3) is 0 Å². The van der Waals surface area contributed by atoms with E-state index >= 15 is 0 Å². The summed E-state index contributed by atoms with van der Waals surface area (Å²) in [6.45, 7) is 4.63. The van der Waals surface area contributed by atoms with Crippen molar-refractivity contribution in [3.63, 3.8) is 0 Å². The molecular weight excluding hydrogens is 409 g/mol. The van der Waals surface area contributed by atoms with Gasteiger partial charge in [0, 0.05) is 19.3 Å². The van der Waals surface area contributed by atoms with Crippen LogP contribution in [0.15, 0.2) is 23.5 Å². The van der Waals surface area contributed by atoms with Gasteiger partial charge in [-0.15, -0.1) is 10.2 Å². The molecule has 1 atom stereocenters. The fourth-order valence-corrected chi connectivity index (χ4v) is 4.09. The minimum Gasteiger partial charge on any atom is -0.466 e. The van der Waals surface area contributed by atoms with E-state index in [1.165, 1.54) is 10.5 Å². The molecule has 0 N–H and O–H groups in total. The van der Waals surface area contributed by atoms with Crippen LogP contribution in [0.1, 0.15) is 32.3 Å². The van der Waals surface area contributed by atoms with Crippen molar-refractivity contribution in [2.75, 3.05) is 19.7 Å². The number of piperidine rings is 1. The van der Waals surface area contributed by atoms with E-state index in [0.717, 1.165) is 24.0 Å². The average molecular weight is 430 g/mol. The van der Waals surface area contributed by atoms with Crippen molar-refractivity contribution in [1.29, 1.82) is 0 Å². The van der Waals surface area contributed by atoms with E-state index in [1.807, 2.05) is 0 Å². The van der Waals surface area contributed by atoms with Crippen molar-refractivity contribution in [2.24, 2.45) is 5.92 Å². The number of likely N-dealkylation sites (tertiary alicyclic amines) is 1. The number of thioether (sulfide) groups is 1. The smallest absolute Gasteiger partial charge is 0.417 e. The van der Waals surface area contributed by atoms with Crippen molar-refractivity contribution in [1.82, 2.24) is 19.5 Å². The lowest BCUT2D eigenvalue weighted by Crippen LogP contribution is -2.43. The zero-order valence-corrected chi connectivity index (χ0v) is 16.8. The van der Waals surface area contributed by atoms with Crippen LogP contribution in [-0.2, 0) is 20.5 Å². The number of carbonyl (C=O) groups excluding carboxylic acids is 2.